The number of piperazine rings is 1. The van der Waals surface area contributed by atoms with Gasteiger partial charge in [0.1, 0.15) is 11.9 Å². The van der Waals surface area contributed by atoms with Crippen molar-refractivity contribution in [2.75, 3.05) is 37.7 Å². The van der Waals surface area contributed by atoms with Crippen molar-refractivity contribution in [3.05, 3.63) is 22.3 Å². The molecule has 2 rings (SSSR count). The first-order chi connectivity index (χ1) is 9.65. The van der Waals surface area contributed by atoms with E-state index >= 15 is 0 Å². The number of amides is 1. The number of hydrogen-bond donors (Lipinski definition) is 0. The van der Waals surface area contributed by atoms with Crippen molar-refractivity contribution in [2.24, 2.45) is 0 Å². The Balaban J connectivity index is 2.04. The number of aromatic nitrogens is 1. The van der Waals surface area contributed by atoms with Gasteiger partial charge in [0, 0.05) is 36.8 Å². The molecule has 0 radical (unpaired) electrons. The van der Waals surface area contributed by atoms with Gasteiger partial charge in [-0.15, -0.1) is 0 Å². The minimum absolute atomic E-state index is 0.281. The summed E-state index contributed by atoms with van der Waals surface area (Å²) in [6, 6.07) is 3.90. The van der Waals surface area contributed by atoms with E-state index in [-0.39, 0.29) is 6.09 Å². The number of rotatable bonds is 2. The van der Waals surface area contributed by atoms with Crippen LogP contribution < -0.4 is 4.90 Å². The first kappa shape index (κ1) is 14.6. The minimum atomic E-state index is -0.281. The standard InChI is InChI=1S/C13H15BrN4O2/c1-2-20-13(19)18-5-3-17(4-6-18)12-10(8-15)7-11(14)9-16-12/h7,9H,2-6H2,1H3. The van der Waals surface area contributed by atoms with Crippen LogP contribution in [0.3, 0.4) is 0 Å². The van der Waals surface area contributed by atoms with E-state index in [1.165, 1.54) is 0 Å². The molecule has 1 amide bonds. The minimum Gasteiger partial charge on any atom is -0.450 e. The first-order valence-electron chi connectivity index (χ1n) is 6.38. The lowest BCUT2D eigenvalue weighted by atomic mass is 10.2. The molecule has 1 aliphatic rings. The second-order valence-corrected chi connectivity index (χ2v) is 5.23. The Bertz CT molecular complexity index is 536. The van der Waals surface area contributed by atoms with Crippen LogP contribution in [0.15, 0.2) is 16.7 Å². The first-order valence-corrected chi connectivity index (χ1v) is 7.17. The van der Waals surface area contributed by atoms with Crippen molar-refractivity contribution in [2.45, 2.75) is 6.92 Å². The maximum absolute atomic E-state index is 11.6. The summed E-state index contributed by atoms with van der Waals surface area (Å²) in [5.74, 6) is 0.666. The summed E-state index contributed by atoms with van der Waals surface area (Å²) in [5, 5.41) is 9.16. The van der Waals surface area contributed by atoms with Gasteiger partial charge in [0.15, 0.2) is 0 Å². The number of nitrogens with zero attached hydrogens (tertiary/aromatic N) is 4. The Morgan fingerprint density at radius 1 is 1.50 bits per heavy atom. The largest absolute Gasteiger partial charge is 0.450 e. The number of pyridine rings is 1. The molecule has 0 aromatic carbocycles. The van der Waals surface area contributed by atoms with E-state index in [2.05, 4.69) is 27.0 Å². The zero-order valence-electron chi connectivity index (χ0n) is 11.2. The number of ether oxygens (including phenoxy) is 1. The summed E-state index contributed by atoms with van der Waals surface area (Å²) < 4.78 is 5.76. The molecule has 106 valence electrons. The van der Waals surface area contributed by atoms with Crippen molar-refractivity contribution in [1.29, 1.82) is 5.26 Å². The molecule has 1 aliphatic heterocycles. The molecular weight excluding hydrogens is 324 g/mol. The third kappa shape index (κ3) is 3.20. The number of carbonyl (C=O) groups excluding carboxylic acids is 1. The summed E-state index contributed by atoms with van der Waals surface area (Å²) in [7, 11) is 0. The Labute approximate surface area is 126 Å². The van der Waals surface area contributed by atoms with Crippen LogP contribution in [0, 0.1) is 11.3 Å². The lowest BCUT2D eigenvalue weighted by Crippen LogP contribution is -2.49. The lowest BCUT2D eigenvalue weighted by Gasteiger charge is -2.35. The lowest BCUT2D eigenvalue weighted by molar-refractivity contribution is 0.105. The van der Waals surface area contributed by atoms with E-state index < -0.39 is 0 Å². The molecule has 0 bridgehead atoms. The number of hydrogen-bond acceptors (Lipinski definition) is 5. The molecule has 20 heavy (non-hydrogen) atoms. The summed E-state index contributed by atoms with van der Waals surface area (Å²) >= 11 is 3.31. The van der Waals surface area contributed by atoms with Gasteiger partial charge in [-0.25, -0.2) is 9.78 Å². The molecule has 0 aliphatic carbocycles. The summed E-state index contributed by atoms with van der Waals surface area (Å²) in [6.07, 6.45) is 1.39. The topological polar surface area (TPSA) is 69.5 Å². The molecule has 1 aromatic rings. The van der Waals surface area contributed by atoms with Gasteiger partial charge in [0.2, 0.25) is 0 Å². The number of halogens is 1. The van der Waals surface area contributed by atoms with Gasteiger partial charge < -0.3 is 14.5 Å². The van der Waals surface area contributed by atoms with Crippen molar-refractivity contribution in [3.63, 3.8) is 0 Å². The number of anilines is 1. The molecule has 7 heteroatoms. The van der Waals surface area contributed by atoms with Gasteiger partial charge in [-0.1, -0.05) is 0 Å². The molecule has 6 nitrogen and oxygen atoms in total. The fourth-order valence-corrected chi connectivity index (χ4v) is 2.41. The highest BCUT2D eigenvalue weighted by Crippen LogP contribution is 2.22. The fraction of sp³-hybridized carbons (Fsp3) is 0.462. The predicted molar refractivity (Wildman–Crippen MR) is 77.5 cm³/mol. The van der Waals surface area contributed by atoms with Gasteiger partial charge in [-0.3, -0.25) is 0 Å². The average Bonchev–Trinajstić information content (AvgIpc) is 2.47. The molecule has 0 saturated carbocycles. The van der Waals surface area contributed by atoms with E-state index in [1.807, 2.05) is 4.90 Å². The van der Waals surface area contributed by atoms with Crippen molar-refractivity contribution >= 4 is 27.8 Å². The van der Waals surface area contributed by atoms with E-state index in [4.69, 9.17) is 10.00 Å². The summed E-state index contributed by atoms with van der Waals surface area (Å²) in [5.41, 5.74) is 0.531. The van der Waals surface area contributed by atoms with Crippen molar-refractivity contribution in [3.8, 4) is 6.07 Å². The third-order valence-corrected chi connectivity index (χ3v) is 3.49. The molecule has 1 fully saturated rings. The van der Waals surface area contributed by atoms with Crippen LogP contribution in [0.25, 0.3) is 0 Å². The van der Waals surface area contributed by atoms with Crippen LogP contribution in [0.1, 0.15) is 12.5 Å². The van der Waals surface area contributed by atoms with Crippen LogP contribution in [0.5, 0.6) is 0 Å². The van der Waals surface area contributed by atoms with Crippen molar-refractivity contribution in [1.82, 2.24) is 9.88 Å². The summed E-state index contributed by atoms with van der Waals surface area (Å²) in [6.45, 7) is 4.60. The van der Waals surface area contributed by atoms with Gasteiger partial charge >= 0.3 is 6.09 Å². The summed E-state index contributed by atoms with van der Waals surface area (Å²) in [4.78, 5) is 19.6. The zero-order chi connectivity index (χ0) is 14.5. The second kappa shape index (κ2) is 6.57. The predicted octanol–water partition coefficient (Wildman–Crippen LogP) is 1.99. The van der Waals surface area contributed by atoms with Gasteiger partial charge in [0.05, 0.1) is 12.2 Å². The van der Waals surface area contributed by atoms with Gasteiger partial charge in [0.25, 0.3) is 0 Å². The Morgan fingerprint density at radius 3 is 2.80 bits per heavy atom. The highest BCUT2D eigenvalue weighted by Gasteiger charge is 2.24. The average molecular weight is 339 g/mol. The second-order valence-electron chi connectivity index (χ2n) is 4.31. The molecular formula is C13H15BrN4O2. The Hall–Kier alpha value is -1.81. The van der Waals surface area contributed by atoms with Crippen LogP contribution in [0.4, 0.5) is 10.6 Å². The number of carbonyl (C=O) groups is 1. The molecule has 0 unspecified atom stereocenters. The highest BCUT2D eigenvalue weighted by atomic mass is 79.9. The smallest absolute Gasteiger partial charge is 0.409 e. The zero-order valence-corrected chi connectivity index (χ0v) is 12.8. The molecule has 0 spiro atoms. The van der Waals surface area contributed by atoms with Crippen LogP contribution in [-0.4, -0.2) is 48.8 Å². The third-order valence-electron chi connectivity index (χ3n) is 3.06. The van der Waals surface area contributed by atoms with Gasteiger partial charge in [-0.2, -0.15) is 5.26 Å². The van der Waals surface area contributed by atoms with Crippen LogP contribution in [0.2, 0.25) is 0 Å². The van der Waals surface area contributed by atoms with E-state index in [0.717, 1.165) is 4.47 Å². The van der Waals surface area contributed by atoms with Crippen molar-refractivity contribution < 1.29 is 9.53 Å². The quantitative estimate of drug-likeness (QED) is 0.824. The SMILES string of the molecule is CCOC(=O)N1CCN(c2ncc(Br)cc2C#N)CC1. The molecule has 1 aromatic heterocycles. The molecule has 2 heterocycles. The molecule has 0 atom stereocenters. The molecule has 0 N–H and O–H groups in total. The normalized spacial score (nSPS) is 14.8. The van der Waals surface area contributed by atoms with E-state index in [0.29, 0.717) is 44.2 Å². The monoisotopic (exact) mass is 338 g/mol. The van der Waals surface area contributed by atoms with E-state index in [9.17, 15) is 4.79 Å². The molecule has 1 saturated heterocycles. The number of nitriles is 1. The maximum atomic E-state index is 11.6. The van der Waals surface area contributed by atoms with Gasteiger partial charge in [-0.05, 0) is 28.9 Å². The maximum Gasteiger partial charge on any atom is 0.409 e. The van der Waals surface area contributed by atoms with Crippen LogP contribution >= 0.6 is 15.9 Å². The Kier molecular flexibility index (Phi) is 4.79. The van der Waals surface area contributed by atoms with E-state index in [1.54, 1.807) is 24.1 Å². The fourth-order valence-electron chi connectivity index (χ4n) is 2.08. The Morgan fingerprint density at radius 2 is 2.20 bits per heavy atom. The highest BCUT2D eigenvalue weighted by molar-refractivity contribution is 9.10. The van der Waals surface area contributed by atoms with Crippen LogP contribution in [-0.2, 0) is 4.74 Å².